The maximum absolute atomic E-state index is 13.9. The first-order valence-corrected chi connectivity index (χ1v) is 12.7. The van der Waals surface area contributed by atoms with E-state index in [1.54, 1.807) is 25.2 Å². The van der Waals surface area contributed by atoms with Crippen LogP contribution in [0.3, 0.4) is 0 Å². The Balaban J connectivity index is 1.71. The fraction of sp³-hybridized carbons (Fsp3) is 0.458. The van der Waals surface area contributed by atoms with Crippen molar-refractivity contribution in [1.29, 1.82) is 0 Å². The molecule has 174 valence electrons. The van der Waals surface area contributed by atoms with E-state index in [1.165, 1.54) is 11.3 Å². The van der Waals surface area contributed by atoms with Gasteiger partial charge < -0.3 is 14.2 Å². The van der Waals surface area contributed by atoms with Crippen molar-refractivity contribution in [1.82, 2.24) is 4.98 Å². The number of aromatic nitrogens is 1. The van der Waals surface area contributed by atoms with Crippen LogP contribution >= 0.6 is 27.3 Å². The lowest BCUT2D eigenvalue weighted by Crippen LogP contribution is -2.41. The summed E-state index contributed by atoms with van der Waals surface area (Å²) in [6.45, 7) is 3.88. The van der Waals surface area contributed by atoms with Gasteiger partial charge in [0.1, 0.15) is 12.1 Å². The molecular weight excluding hydrogens is 508 g/mol. The lowest BCUT2D eigenvalue weighted by atomic mass is 9.77. The number of para-hydroxylation sites is 1. The molecular formula is C24H25BrN2O5S. The third-order valence-electron chi connectivity index (χ3n) is 6.73. The van der Waals surface area contributed by atoms with Gasteiger partial charge in [-0.15, -0.1) is 11.3 Å². The van der Waals surface area contributed by atoms with E-state index in [2.05, 4.69) is 20.9 Å². The molecule has 1 aromatic carbocycles. The molecule has 33 heavy (non-hydrogen) atoms. The first kappa shape index (κ1) is 22.4. The molecule has 2 aliphatic heterocycles. The van der Waals surface area contributed by atoms with Crippen LogP contribution in [0, 0.1) is 19.8 Å². The van der Waals surface area contributed by atoms with Gasteiger partial charge in [-0.25, -0.2) is 4.98 Å². The number of rotatable bonds is 4. The molecule has 4 unspecified atom stereocenters. The van der Waals surface area contributed by atoms with Crippen LogP contribution in [-0.4, -0.2) is 41.8 Å². The number of benzene rings is 1. The summed E-state index contributed by atoms with van der Waals surface area (Å²) in [7, 11) is 3.12. The molecule has 1 saturated carbocycles. The number of hydrogen-bond donors (Lipinski definition) is 0. The Kier molecular flexibility index (Phi) is 5.73. The second-order valence-corrected chi connectivity index (χ2v) is 11.1. The van der Waals surface area contributed by atoms with E-state index in [-0.39, 0.29) is 34.3 Å². The van der Waals surface area contributed by atoms with Crippen LogP contribution in [0.25, 0.3) is 0 Å². The molecule has 2 aromatic rings. The number of alkyl halides is 1. The second kappa shape index (κ2) is 8.43. The fourth-order valence-electron chi connectivity index (χ4n) is 4.99. The van der Waals surface area contributed by atoms with Crippen molar-refractivity contribution in [2.45, 2.75) is 50.1 Å². The Morgan fingerprint density at radius 2 is 1.97 bits per heavy atom. The summed E-state index contributed by atoms with van der Waals surface area (Å²) in [5.41, 5.74) is 1.91. The highest BCUT2D eigenvalue weighted by Crippen LogP contribution is 2.52. The SMILES string of the molecule is COc1cccc(C2C3=C(OC4CCC(Br)CC4C3=O)C(=O)N2c2nc(C)c(C)s2)c1OC. The number of fused-ring (bicyclic) bond motifs is 1. The molecule has 1 amide bonds. The first-order chi connectivity index (χ1) is 15.8. The highest BCUT2D eigenvalue weighted by molar-refractivity contribution is 9.09. The summed E-state index contributed by atoms with van der Waals surface area (Å²) in [4.78, 5) is 35.2. The van der Waals surface area contributed by atoms with Crippen molar-refractivity contribution < 1.29 is 23.8 Å². The van der Waals surface area contributed by atoms with Gasteiger partial charge in [-0.05, 0) is 39.2 Å². The van der Waals surface area contributed by atoms with Gasteiger partial charge >= 0.3 is 0 Å². The number of carbonyl (C=O) groups excluding carboxylic acids is 2. The van der Waals surface area contributed by atoms with E-state index in [0.29, 0.717) is 34.2 Å². The predicted molar refractivity (Wildman–Crippen MR) is 128 cm³/mol. The van der Waals surface area contributed by atoms with Gasteiger partial charge in [0.2, 0.25) is 0 Å². The number of amides is 1. The summed E-state index contributed by atoms with van der Waals surface area (Å²) in [6, 6.07) is 4.79. The smallest absolute Gasteiger partial charge is 0.296 e. The number of hydrogen-bond acceptors (Lipinski definition) is 7. The number of nitrogens with zero attached hydrogens (tertiary/aromatic N) is 2. The van der Waals surface area contributed by atoms with Crippen LogP contribution in [0.2, 0.25) is 0 Å². The van der Waals surface area contributed by atoms with Crippen LogP contribution < -0.4 is 14.4 Å². The molecule has 7 nitrogen and oxygen atoms in total. The lowest BCUT2D eigenvalue weighted by molar-refractivity contribution is -0.131. The van der Waals surface area contributed by atoms with Gasteiger partial charge in [0.05, 0.1) is 31.4 Å². The number of Topliss-reactive ketones (excluding diaryl/α,β-unsaturated/α-hetero) is 1. The van der Waals surface area contributed by atoms with E-state index in [1.807, 2.05) is 26.0 Å². The van der Waals surface area contributed by atoms with Crippen molar-refractivity contribution in [2.75, 3.05) is 19.1 Å². The van der Waals surface area contributed by atoms with Gasteiger partial charge in [0.15, 0.2) is 28.2 Å². The van der Waals surface area contributed by atoms with Crippen molar-refractivity contribution in [3.8, 4) is 11.5 Å². The van der Waals surface area contributed by atoms with E-state index >= 15 is 0 Å². The Morgan fingerprint density at radius 3 is 2.64 bits per heavy atom. The average molecular weight is 533 g/mol. The molecule has 0 spiro atoms. The van der Waals surface area contributed by atoms with Gasteiger partial charge in [0, 0.05) is 15.3 Å². The van der Waals surface area contributed by atoms with E-state index < -0.39 is 6.04 Å². The van der Waals surface area contributed by atoms with Crippen LogP contribution in [0.15, 0.2) is 29.5 Å². The van der Waals surface area contributed by atoms with Crippen LogP contribution in [0.1, 0.15) is 41.4 Å². The van der Waals surface area contributed by atoms with Crippen molar-refractivity contribution >= 4 is 44.1 Å². The van der Waals surface area contributed by atoms with Crippen molar-refractivity contribution in [3.63, 3.8) is 0 Å². The quantitative estimate of drug-likeness (QED) is 0.533. The van der Waals surface area contributed by atoms with E-state index in [9.17, 15) is 9.59 Å². The summed E-state index contributed by atoms with van der Waals surface area (Å²) in [5.74, 6) is 0.521. The normalized spacial score (nSPS) is 26.8. The van der Waals surface area contributed by atoms with Gasteiger partial charge in [-0.1, -0.05) is 28.1 Å². The number of halogens is 1. The standard InChI is InChI=1S/C24H25BrN2O5S/c1-11-12(2)33-24(26-11)27-19(14-6-5-7-17(30-3)21(14)31-4)18-20(28)15-10-13(25)8-9-16(15)32-22(18)23(27)29/h5-7,13,15-16,19H,8-10H2,1-4H3. The molecule has 3 aliphatic rings. The molecule has 1 fully saturated rings. The third-order valence-corrected chi connectivity index (χ3v) is 8.64. The largest absolute Gasteiger partial charge is 0.493 e. The Bertz CT molecular complexity index is 1160. The van der Waals surface area contributed by atoms with Crippen molar-refractivity contribution in [2.24, 2.45) is 5.92 Å². The molecule has 0 bridgehead atoms. The molecule has 0 saturated heterocycles. The number of methoxy groups -OCH3 is 2. The van der Waals surface area contributed by atoms with Crippen molar-refractivity contribution in [3.05, 3.63) is 45.7 Å². The molecule has 4 atom stereocenters. The zero-order valence-corrected chi connectivity index (χ0v) is 21.3. The molecule has 5 rings (SSSR count). The lowest BCUT2D eigenvalue weighted by Gasteiger charge is -2.37. The second-order valence-electron chi connectivity index (χ2n) is 8.58. The maximum atomic E-state index is 13.9. The molecule has 1 aliphatic carbocycles. The van der Waals surface area contributed by atoms with Crippen LogP contribution in [-0.2, 0) is 14.3 Å². The highest BCUT2D eigenvalue weighted by Gasteiger charge is 2.54. The predicted octanol–water partition coefficient (Wildman–Crippen LogP) is 4.65. The molecule has 0 radical (unpaired) electrons. The highest BCUT2D eigenvalue weighted by atomic mass is 79.9. The first-order valence-electron chi connectivity index (χ1n) is 10.9. The molecule has 1 aromatic heterocycles. The van der Waals surface area contributed by atoms with Gasteiger partial charge in [-0.2, -0.15) is 0 Å². The molecule has 3 heterocycles. The van der Waals surface area contributed by atoms with Crippen LogP contribution in [0.4, 0.5) is 5.13 Å². The van der Waals surface area contributed by atoms with Crippen LogP contribution in [0.5, 0.6) is 11.5 Å². The molecule has 9 heteroatoms. The number of anilines is 1. The molecule has 0 N–H and O–H groups in total. The minimum absolute atomic E-state index is 0.0267. The summed E-state index contributed by atoms with van der Waals surface area (Å²) < 4.78 is 17.5. The fourth-order valence-corrected chi connectivity index (χ4v) is 6.60. The van der Waals surface area contributed by atoms with Gasteiger partial charge in [-0.3, -0.25) is 14.5 Å². The number of thiazole rings is 1. The minimum Gasteiger partial charge on any atom is -0.493 e. The monoisotopic (exact) mass is 532 g/mol. The Labute approximate surface area is 204 Å². The number of ether oxygens (including phenoxy) is 3. The minimum atomic E-state index is -0.702. The van der Waals surface area contributed by atoms with E-state index in [0.717, 1.165) is 23.4 Å². The third kappa shape index (κ3) is 3.47. The Morgan fingerprint density at radius 1 is 1.18 bits per heavy atom. The maximum Gasteiger partial charge on any atom is 0.296 e. The zero-order chi connectivity index (χ0) is 23.4. The summed E-state index contributed by atoms with van der Waals surface area (Å²) >= 11 is 5.11. The van der Waals surface area contributed by atoms with Gasteiger partial charge in [0.25, 0.3) is 5.91 Å². The number of ketones is 1. The van der Waals surface area contributed by atoms with E-state index in [4.69, 9.17) is 14.2 Å². The Hall–Kier alpha value is -2.39. The summed E-state index contributed by atoms with van der Waals surface area (Å²) in [5, 5.41) is 0.539. The number of carbonyl (C=O) groups is 2. The summed E-state index contributed by atoms with van der Waals surface area (Å²) in [6.07, 6.45) is 2.05. The topological polar surface area (TPSA) is 78.0 Å². The zero-order valence-electron chi connectivity index (χ0n) is 18.9. The average Bonchev–Trinajstić information content (AvgIpc) is 3.29. The number of aryl methyl sites for hydroxylation is 2.